The number of alkyl halides is 3. The Bertz CT molecular complexity index is 778. The van der Waals surface area contributed by atoms with Crippen molar-refractivity contribution in [2.75, 3.05) is 13.6 Å². The minimum atomic E-state index is -4.39. The molecule has 6 nitrogen and oxygen atoms in total. The van der Waals surface area contributed by atoms with Crippen LogP contribution in [-0.4, -0.2) is 34.3 Å². The van der Waals surface area contributed by atoms with Gasteiger partial charge in [-0.3, -0.25) is 9.67 Å². The van der Waals surface area contributed by atoms with Crippen LogP contribution in [0.5, 0.6) is 0 Å². The number of hydrogen-bond donors (Lipinski definition) is 2. The smallest absolute Gasteiger partial charge is 0.356 e. The van der Waals surface area contributed by atoms with Crippen LogP contribution < -0.4 is 10.6 Å². The molecular formula is C17H25F3N6S. The highest BCUT2D eigenvalue weighted by Crippen LogP contribution is 2.30. The van der Waals surface area contributed by atoms with Crippen molar-refractivity contribution in [1.82, 2.24) is 25.4 Å². The molecule has 0 aliphatic carbocycles. The van der Waals surface area contributed by atoms with E-state index in [1.54, 1.807) is 7.05 Å². The summed E-state index contributed by atoms with van der Waals surface area (Å²) in [6.07, 6.45) is -2.26. The van der Waals surface area contributed by atoms with Gasteiger partial charge < -0.3 is 10.6 Å². The average Bonchev–Trinajstić information content (AvgIpc) is 3.21. The zero-order chi connectivity index (χ0) is 20.0. The van der Waals surface area contributed by atoms with Crippen molar-refractivity contribution in [3.8, 4) is 0 Å². The maximum absolute atomic E-state index is 12.6. The minimum absolute atomic E-state index is 0.398. The first-order valence-electron chi connectivity index (χ1n) is 8.79. The lowest BCUT2D eigenvalue weighted by atomic mass is 10.1. The summed E-state index contributed by atoms with van der Waals surface area (Å²) in [6.45, 7) is 5.20. The number of nitrogens with one attached hydrogen (secondary N) is 2. The molecule has 10 heteroatoms. The molecule has 0 bridgehead atoms. The lowest BCUT2D eigenvalue weighted by molar-refractivity contribution is -0.140. The Morgan fingerprint density at radius 3 is 2.56 bits per heavy atom. The molecule has 0 saturated heterocycles. The fourth-order valence-electron chi connectivity index (χ4n) is 2.83. The molecule has 27 heavy (non-hydrogen) atoms. The van der Waals surface area contributed by atoms with Crippen LogP contribution in [-0.2, 0) is 39.0 Å². The van der Waals surface area contributed by atoms with Gasteiger partial charge in [0, 0.05) is 50.2 Å². The van der Waals surface area contributed by atoms with E-state index in [-0.39, 0.29) is 0 Å². The van der Waals surface area contributed by atoms with Crippen molar-refractivity contribution in [2.24, 2.45) is 12.0 Å². The maximum Gasteiger partial charge on any atom is 0.434 e. The molecule has 0 radical (unpaired) electrons. The van der Waals surface area contributed by atoms with Crippen molar-refractivity contribution >= 4 is 17.3 Å². The highest BCUT2D eigenvalue weighted by atomic mass is 32.1. The van der Waals surface area contributed by atoms with Crippen LogP contribution >= 0.6 is 11.3 Å². The molecule has 2 aromatic rings. The number of rotatable bonds is 7. The van der Waals surface area contributed by atoms with Crippen LogP contribution in [0, 0.1) is 0 Å². The Labute approximate surface area is 160 Å². The number of thiazole rings is 1. The Morgan fingerprint density at radius 1 is 1.26 bits per heavy atom. The van der Waals surface area contributed by atoms with E-state index < -0.39 is 11.9 Å². The number of aryl methyl sites for hydroxylation is 2. The Kier molecular flexibility index (Phi) is 7.23. The third kappa shape index (κ3) is 5.44. The van der Waals surface area contributed by atoms with Crippen LogP contribution in [0.2, 0.25) is 0 Å². The number of aliphatic imine (C=N–C) groups is 1. The van der Waals surface area contributed by atoms with E-state index in [1.165, 1.54) is 11.3 Å². The molecule has 150 valence electrons. The van der Waals surface area contributed by atoms with Gasteiger partial charge in [0.2, 0.25) is 0 Å². The van der Waals surface area contributed by atoms with Gasteiger partial charge in [-0.1, -0.05) is 13.8 Å². The van der Waals surface area contributed by atoms with Gasteiger partial charge in [-0.05, 0) is 12.8 Å². The molecule has 2 aromatic heterocycles. The average molecular weight is 402 g/mol. The van der Waals surface area contributed by atoms with Gasteiger partial charge in [-0.25, -0.2) is 4.98 Å². The number of nitrogens with zero attached hydrogens (tertiary/aromatic N) is 4. The molecule has 2 heterocycles. The zero-order valence-electron chi connectivity index (χ0n) is 15.9. The first kappa shape index (κ1) is 21.2. The van der Waals surface area contributed by atoms with Crippen molar-refractivity contribution in [1.29, 1.82) is 0 Å². The monoisotopic (exact) mass is 402 g/mol. The largest absolute Gasteiger partial charge is 0.434 e. The molecule has 0 fully saturated rings. The molecule has 0 aliphatic rings. The Balaban J connectivity index is 1.89. The van der Waals surface area contributed by atoms with Gasteiger partial charge in [-0.15, -0.1) is 11.3 Å². The van der Waals surface area contributed by atoms with Gasteiger partial charge in [0.25, 0.3) is 0 Å². The quantitative estimate of drug-likeness (QED) is 0.552. The molecular weight excluding hydrogens is 377 g/mol. The molecule has 0 amide bonds. The van der Waals surface area contributed by atoms with Crippen LogP contribution in [0.15, 0.2) is 10.4 Å². The van der Waals surface area contributed by atoms with Gasteiger partial charge in [0.15, 0.2) is 11.7 Å². The van der Waals surface area contributed by atoms with Gasteiger partial charge >= 0.3 is 6.18 Å². The lowest BCUT2D eigenvalue weighted by Gasteiger charge is -2.12. The first-order valence-corrected chi connectivity index (χ1v) is 9.67. The van der Waals surface area contributed by atoms with Crippen molar-refractivity contribution in [2.45, 2.75) is 45.8 Å². The topological polar surface area (TPSA) is 67.1 Å². The highest BCUT2D eigenvalue weighted by molar-refractivity contribution is 7.09. The second-order valence-corrected chi connectivity index (χ2v) is 6.87. The fourth-order valence-corrected chi connectivity index (χ4v) is 3.64. The van der Waals surface area contributed by atoms with Crippen LogP contribution in [0.3, 0.4) is 0 Å². The van der Waals surface area contributed by atoms with Gasteiger partial charge in [0.05, 0.1) is 10.7 Å². The third-order valence-electron chi connectivity index (χ3n) is 4.16. The number of aromatic nitrogens is 3. The molecule has 2 rings (SSSR count). The molecule has 0 atom stereocenters. The van der Waals surface area contributed by atoms with E-state index in [1.807, 2.05) is 11.7 Å². The van der Waals surface area contributed by atoms with Crippen LogP contribution in [0.25, 0.3) is 0 Å². The van der Waals surface area contributed by atoms with Crippen molar-refractivity contribution in [3.63, 3.8) is 0 Å². The molecule has 0 unspecified atom stereocenters. The van der Waals surface area contributed by atoms with Gasteiger partial charge in [-0.2, -0.15) is 18.3 Å². The maximum atomic E-state index is 12.6. The predicted molar refractivity (Wildman–Crippen MR) is 101 cm³/mol. The highest BCUT2D eigenvalue weighted by Gasteiger charge is 2.33. The summed E-state index contributed by atoms with van der Waals surface area (Å²) in [5, 5.41) is 12.4. The van der Waals surface area contributed by atoms with E-state index in [4.69, 9.17) is 0 Å². The van der Waals surface area contributed by atoms with Gasteiger partial charge in [0.1, 0.15) is 0 Å². The Morgan fingerprint density at radius 2 is 2.00 bits per heavy atom. The summed E-state index contributed by atoms with van der Waals surface area (Å²) < 4.78 is 39.7. The van der Waals surface area contributed by atoms with Crippen LogP contribution in [0.1, 0.15) is 41.5 Å². The summed E-state index contributed by atoms with van der Waals surface area (Å²) in [7, 11) is 3.60. The molecule has 0 aliphatic heterocycles. The summed E-state index contributed by atoms with van der Waals surface area (Å²) in [5.74, 6) is 0.593. The normalized spacial score (nSPS) is 12.5. The fraction of sp³-hybridized carbons (Fsp3) is 0.588. The Hall–Kier alpha value is -2.10. The van der Waals surface area contributed by atoms with E-state index in [2.05, 4.69) is 39.6 Å². The van der Waals surface area contributed by atoms with E-state index >= 15 is 0 Å². The SMILES string of the molecule is CCc1nn(C)c(CC)c1CNC(=NC)NCCc1nc(C(F)(F)F)cs1. The second-order valence-electron chi connectivity index (χ2n) is 5.93. The number of hydrogen-bond acceptors (Lipinski definition) is 4. The minimum Gasteiger partial charge on any atom is -0.356 e. The summed E-state index contributed by atoms with van der Waals surface area (Å²) in [5.41, 5.74) is 2.57. The van der Waals surface area contributed by atoms with E-state index in [0.717, 1.165) is 35.3 Å². The van der Waals surface area contributed by atoms with E-state index in [0.29, 0.717) is 30.5 Å². The molecule has 0 aromatic carbocycles. The number of guanidine groups is 1. The summed E-state index contributed by atoms with van der Waals surface area (Å²) in [4.78, 5) is 7.79. The summed E-state index contributed by atoms with van der Waals surface area (Å²) in [6, 6.07) is 0. The predicted octanol–water partition coefficient (Wildman–Crippen LogP) is 2.93. The molecule has 0 spiro atoms. The molecule has 0 saturated carbocycles. The van der Waals surface area contributed by atoms with Crippen molar-refractivity contribution < 1.29 is 13.2 Å². The molecule has 2 N–H and O–H groups in total. The van der Waals surface area contributed by atoms with E-state index in [9.17, 15) is 13.2 Å². The third-order valence-corrected chi connectivity index (χ3v) is 5.07. The second kappa shape index (κ2) is 9.20. The zero-order valence-corrected chi connectivity index (χ0v) is 16.8. The first-order chi connectivity index (χ1) is 12.8. The standard InChI is InChI=1S/C17H25F3N6S/c1-5-12-11(13(6-2)26(4)25-12)9-23-16(21-3)22-8-7-15-24-14(10-27-15)17(18,19)20/h10H,5-9H2,1-4H3,(H2,21,22,23). The van der Waals surface area contributed by atoms with Crippen molar-refractivity contribution in [3.05, 3.63) is 33.0 Å². The number of halogens is 3. The lowest BCUT2D eigenvalue weighted by Crippen LogP contribution is -2.38. The summed E-state index contributed by atoms with van der Waals surface area (Å²) >= 11 is 1.02. The van der Waals surface area contributed by atoms with Crippen LogP contribution in [0.4, 0.5) is 13.2 Å².